The van der Waals surface area contributed by atoms with E-state index in [1.165, 1.54) is 25.7 Å². The molecular weight excluding hydrogens is 276 g/mol. The van der Waals surface area contributed by atoms with Gasteiger partial charge in [0.2, 0.25) is 5.91 Å². The van der Waals surface area contributed by atoms with E-state index in [1.54, 1.807) is 0 Å². The van der Waals surface area contributed by atoms with Crippen LogP contribution in [0.4, 0.5) is 0 Å². The van der Waals surface area contributed by atoms with Gasteiger partial charge in [-0.25, -0.2) is 0 Å². The van der Waals surface area contributed by atoms with Crippen molar-refractivity contribution < 1.29 is 9.53 Å². The van der Waals surface area contributed by atoms with Crippen LogP contribution >= 0.6 is 12.4 Å². The molecule has 1 amide bonds. The Morgan fingerprint density at radius 3 is 2.65 bits per heavy atom. The molecule has 5 heteroatoms. The van der Waals surface area contributed by atoms with Crippen LogP contribution in [0.15, 0.2) is 0 Å². The number of hydrogen-bond donors (Lipinski definition) is 2. The number of carbonyl (C=O) groups excluding carboxylic acids is 1. The predicted molar refractivity (Wildman–Crippen MR) is 82.9 cm³/mol. The highest BCUT2D eigenvalue weighted by Crippen LogP contribution is 2.31. The molecule has 4 atom stereocenters. The van der Waals surface area contributed by atoms with Gasteiger partial charge >= 0.3 is 0 Å². The molecule has 4 nitrogen and oxygen atoms in total. The van der Waals surface area contributed by atoms with E-state index < -0.39 is 0 Å². The van der Waals surface area contributed by atoms with E-state index in [1.807, 2.05) is 0 Å². The highest BCUT2D eigenvalue weighted by Gasteiger charge is 2.29. The van der Waals surface area contributed by atoms with E-state index in [0.29, 0.717) is 6.54 Å². The lowest BCUT2D eigenvalue weighted by atomic mass is 9.79. The number of carbonyl (C=O) groups is 1. The first kappa shape index (κ1) is 17.7. The Hall–Kier alpha value is -0.320. The maximum Gasteiger partial charge on any atom is 0.249 e. The average molecular weight is 305 g/mol. The molecule has 2 fully saturated rings. The summed E-state index contributed by atoms with van der Waals surface area (Å²) >= 11 is 0. The van der Waals surface area contributed by atoms with Crippen LogP contribution < -0.4 is 11.1 Å². The molecule has 0 radical (unpaired) electrons. The average Bonchev–Trinajstić information content (AvgIpc) is 2.90. The van der Waals surface area contributed by atoms with Gasteiger partial charge in [-0.2, -0.15) is 0 Å². The normalized spacial score (nSPS) is 33.5. The standard InChI is InChI=1S/C15H28N2O2.ClH/c1-11-4-2-3-5-12(11)8-9-17-15(18)14-7-6-13(10-16)19-14;/h11-14H,2-10,16H2,1H3,(H,17,18);1H/t11?,12?,13-,14+;/m1./s1. The van der Waals surface area contributed by atoms with Crippen molar-refractivity contribution in [1.29, 1.82) is 0 Å². The molecule has 1 heterocycles. The minimum atomic E-state index is -0.266. The number of nitrogens with two attached hydrogens (primary N) is 1. The molecule has 118 valence electrons. The Morgan fingerprint density at radius 1 is 1.25 bits per heavy atom. The van der Waals surface area contributed by atoms with Gasteiger partial charge in [0.1, 0.15) is 6.10 Å². The van der Waals surface area contributed by atoms with Gasteiger partial charge < -0.3 is 15.8 Å². The van der Waals surface area contributed by atoms with Crippen LogP contribution in [0.25, 0.3) is 0 Å². The number of ether oxygens (including phenoxy) is 1. The number of hydrogen-bond acceptors (Lipinski definition) is 3. The fourth-order valence-electron chi connectivity index (χ4n) is 3.39. The van der Waals surface area contributed by atoms with Gasteiger partial charge in [0, 0.05) is 13.1 Å². The Kier molecular flexibility index (Phi) is 7.85. The molecule has 0 bridgehead atoms. The highest BCUT2D eigenvalue weighted by molar-refractivity contribution is 5.85. The van der Waals surface area contributed by atoms with Crippen LogP contribution in [0.3, 0.4) is 0 Å². The van der Waals surface area contributed by atoms with Crippen LogP contribution in [0.2, 0.25) is 0 Å². The van der Waals surface area contributed by atoms with Crippen LogP contribution in [0, 0.1) is 11.8 Å². The highest BCUT2D eigenvalue weighted by atomic mass is 35.5. The number of nitrogens with one attached hydrogen (secondary N) is 1. The minimum absolute atomic E-state index is 0. The molecule has 2 aliphatic rings. The van der Waals surface area contributed by atoms with Gasteiger partial charge in [-0.3, -0.25) is 4.79 Å². The first-order valence-corrected chi connectivity index (χ1v) is 7.84. The summed E-state index contributed by atoms with van der Waals surface area (Å²) in [7, 11) is 0. The smallest absolute Gasteiger partial charge is 0.249 e. The van der Waals surface area contributed by atoms with E-state index in [2.05, 4.69) is 12.2 Å². The van der Waals surface area contributed by atoms with Crippen LogP contribution in [-0.2, 0) is 9.53 Å². The van der Waals surface area contributed by atoms with E-state index in [0.717, 1.165) is 37.6 Å². The third kappa shape index (κ3) is 4.90. The first-order valence-electron chi connectivity index (χ1n) is 7.84. The molecule has 2 unspecified atom stereocenters. The molecule has 1 aliphatic carbocycles. The summed E-state index contributed by atoms with van der Waals surface area (Å²) in [5, 5.41) is 3.03. The van der Waals surface area contributed by atoms with Gasteiger partial charge in [-0.15, -0.1) is 12.4 Å². The summed E-state index contributed by atoms with van der Waals surface area (Å²) in [5.41, 5.74) is 5.55. The van der Waals surface area contributed by atoms with Crippen molar-refractivity contribution in [2.45, 2.75) is 64.1 Å². The molecule has 0 aromatic carbocycles. The Morgan fingerprint density at radius 2 is 2.00 bits per heavy atom. The molecule has 20 heavy (non-hydrogen) atoms. The second-order valence-electron chi connectivity index (χ2n) is 6.16. The quantitative estimate of drug-likeness (QED) is 0.819. The van der Waals surface area contributed by atoms with Gasteiger partial charge in [-0.05, 0) is 31.1 Å². The Bertz CT molecular complexity index is 302. The summed E-state index contributed by atoms with van der Waals surface area (Å²) < 4.78 is 5.60. The van der Waals surface area contributed by atoms with Crippen molar-refractivity contribution in [3.8, 4) is 0 Å². The lowest BCUT2D eigenvalue weighted by Crippen LogP contribution is -2.37. The Labute approximate surface area is 128 Å². The van der Waals surface area contributed by atoms with Crippen LogP contribution in [0.5, 0.6) is 0 Å². The first-order chi connectivity index (χ1) is 9.20. The summed E-state index contributed by atoms with van der Waals surface area (Å²) in [6, 6.07) is 0. The number of amides is 1. The lowest BCUT2D eigenvalue weighted by Gasteiger charge is -2.28. The maximum atomic E-state index is 12.0. The van der Waals surface area contributed by atoms with Crippen molar-refractivity contribution >= 4 is 18.3 Å². The lowest BCUT2D eigenvalue weighted by molar-refractivity contribution is -0.131. The number of rotatable bonds is 5. The van der Waals surface area contributed by atoms with E-state index in [4.69, 9.17) is 10.5 Å². The molecule has 0 aromatic heterocycles. The molecule has 1 aliphatic heterocycles. The summed E-state index contributed by atoms with van der Waals surface area (Å²) in [6.45, 7) is 3.65. The minimum Gasteiger partial charge on any atom is -0.364 e. The molecule has 0 aromatic rings. The second-order valence-corrected chi connectivity index (χ2v) is 6.16. The van der Waals surface area contributed by atoms with Crippen molar-refractivity contribution in [2.75, 3.05) is 13.1 Å². The topological polar surface area (TPSA) is 64.4 Å². The van der Waals surface area contributed by atoms with Crippen molar-refractivity contribution in [3.05, 3.63) is 0 Å². The second kappa shape index (κ2) is 8.85. The van der Waals surface area contributed by atoms with Crippen LogP contribution in [-0.4, -0.2) is 31.2 Å². The van der Waals surface area contributed by atoms with Gasteiger partial charge in [-0.1, -0.05) is 32.6 Å². The zero-order valence-corrected chi connectivity index (χ0v) is 13.3. The molecule has 0 spiro atoms. The van der Waals surface area contributed by atoms with E-state index >= 15 is 0 Å². The maximum absolute atomic E-state index is 12.0. The molecule has 2 rings (SSSR count). The van der Waals surface area contributed by atoms with Crippen molar-refractivity contribution in [3.63, 3.8) is 0 Å². The van der Waals surface area contributed by atoms with Crippen molar-refractivity contribution in [2.24, 2.45) is 17.6 Å². The molecule has 1 saturated heterocycles. The molecule has 1 saturated carbocycles. The zero-order valence-electron chi connectivity index (χ0n) is 12.5. The summed E-state index contributed by atoms with van der Waals surface area (Å²) in [4.78, 5) is 12.0. The third-order valence-electron chi connectivity index (χ3n) is 4.77. The Balaban J connectivity index is 0.00000200. The van der Waals surface area contributed by atoms with Gasteiger partial charge in [0.05, 0.1) is 6.10 Å². The fourth-order valence-corrected chi connectivity index (χ4v) is 3.39. The van der Waals surface area contributed by atoms with Gasteiger partial charge in [0.25, 0.3) is 0 Å². The number of halogens is 1. The third-order valence-corrected chi connectivity index (χ3v) is 4.77. The largest absolute Gasteiger partial charge is 0.364 e. The van der Waals surface area contributed by atoms with Crippen molar-refractivity contribution in [1.82, 2.24) is 5.32 Å². The fraction of sp³-hybridized carbons (Fsp3) is 0.933. The summed E-state index contributed by atoms with van der Waals surface area (Å²) in [6.07, 6.45) is 8.05. The van der Waals surface area contributed by atoms with Crippen LogP contribution in [0.1, 0.15) is 51.9 Å². The monoisotopic (exact) mass is 304 g/mol. The summed E-state index contributed by atoms with van der Waals surface area (Å²) in [5.74, 6) is 1.66. The molecule has 3 N–H and O–H groups in total. The predicted octanol–water partition coefficient (Wildman–Crippen LogP) is 2.25. The SMILES string of the molecule is CC1CCCCC1CCNC(=O)[C@@H]1CC[C@H](CN)O1.Cl. The zero-order chi connectivity index (χ0) is 13.7. The molecular formula is C15H29ClN2O2. The van der Waals surface area contributed by atoms with E-state index in [-0.39, 0.29) is 30.5 Å². The van der Waals surface area contributed by atoms with Gasteiger partial charge in [0.15, 0.2) is 0 Å². The van der Waals surface area contributed by atoms with E-state index in [9.17, 15) is 4.79 Å².